The molecule has 0 radical (unpaired) electrons. The van der Waals surface area contributed by atoms with E-state index in [1.54, 1.807) is 12.1 Å². The second-order valence-corrected chi connectivity index (χ2v) is 9.89. The van der Waals surface area contributed by atoms with Gasteiger partial charge < -0.3 is 19.1 Å². The summed E-state index contributed by atoms with van der Waals surface area (Å²) in [7, 11) is 0. The van der Waals surface area contributed by atoms with Crippen molar-refractivity contribution in [2.45, 2.75) is 64.9 Å². The molecule has 2 aromatic heterocycles. The van der Waals surface area contributed by atoms with Gasteiger partial charge in [0.2, 0.25) is 0 Å². The first kappa shape index (κ1) is 18.0. The van der Waals surface area contributed by atoms with Crippen molar-refractivity contribution in [3.05, 3.63) is 51.4 Å². The van der Waals surface area contributed by atoms with Gasteiger partial charge in [0.05, 0.1) is 6.85 Å². The monoisotopic (exact) mass is 495 g/mol. The lowest BCUT2D eigenvalue weighted by Crippen LogP contribution is -2.39. The van der Waals surface area contributed by atoms with E-state index in [1.165, 1.54) is 42.3 Å². The summed E-state index contributed by atoms with van der Waals surface area (Å²) in [5, 5.41) is 4.71. The van der Waals surface area contributed by atoms with Crippen molar-refractivity contribution < 1.29 is 21.1 Å². The summed E-state index contributed by atoms with van der Waals surface area (Å²) in [6, 6.07) is 6.04. The Balaban J connectivity index is 1.18. The number of rotatable bonds is 5. The van der Waals surface area contributed by atoms with Crippen LogP contribution in [0.15, 0.2) is 29.1 Å². The molecule has 1 aliphatic carbocycles. The maximum Gasteiger partial charge on any atom is 0.274 e. The Bertz CT molecular complexity index is 1550. The zero-order chi connectivity index (χ0) is 29.2. The van der Waals surface area contributed by atoms with E-state index < -0.39 is 19.2 Å². The van der Waals surface area contributed by atoms with Gasteiger partial charge in [0.15, 0.2) is 23.0 Å². The molecule has 0 amide bonds. The Morgan fingerprint density at radius 2 is 1.81 bits per heavy atom. The van der Waals surface area contributed by atoms with Crippen molar-refractivity contribution in [2.24, 2.45) is 5.92 Å². The molecule has 6 rings (SSSR count). The van der Waals surface area contributed by atoms with Gasteiger partial charge in [-0.25, -0.2) is 4.98 Å². The molecule has 4 heterocycles. The Labute approximate surface area is 218 Å². The van der Waals surface area contributed by atoms with Crippen LogP contribution in [0, 0.1) is 19.8 Å². The van der Waals surface area contributed by atoms with Crippen LogP contribution in [-0.2, 0) is 6.42 Å². The zero-order valence-corrected chi connectivity index (χ0v) is 20.7. The number of anilines is 1. The number of piperidine rings is 1. The highest BCUT2D eigenvalue weighted by molar-refractivity contribution is 5.59. The van der Waals surface area contributed by atoms with Gasteiger partial charge >= 0.3 is 0 Å². The van der Waals surface area contributed by atoms with E-state index >= 15 is 0 Å². The standard InChI is InChI=1S/C28H34N4O4/c1-18-19(2)28(30-32-26(33)16-21(29-27(18)32)15-20-5-3-4-6-20)31-11-9-22(10-12-31)36-23-7-8-24-25(17-23)35-14-13-34-24/h7-8,16-17,20,22H,3-6,9-15H2,1-2H3/i13D2,14D2,22D. The SMILES string of the molecule is [2H]C1(Oc2ccc3c(c2)OC([2H])([2H])C([2H])([2H])O3)CCN(c2nn3c(=O)cc(CC4CCCC4)nc3c(C)c2C)CC1. The van der Waals surface area contributed by atoms with E-state index in [9.17, 15) is 4.79 Å². The van der Waals surface area contributed by atoms with Crippen molar-refractivity contribution in [1.82, 2.24) is 14.6 Å². The lowest BCUT2D eigenvalue weighted by atomic mass is 10.0. The van der Waals surface area contributed by atoms with Gasteiger partial charge in [-0.3, -0.25) is 4.79 Å². The van der Waals surface area contributed by atoms with Crippen molar-refractivity contribution >= 4 is 11.5 Å². The summed E-state index contributed by atoms with van der Waals surface area (Å²) < 4.78 is 57.8. The van der Waals surface area contributed by atoms with E-state index in [2.05, 4.69) is 4.90 Å². The van der Waals surface area contributed by atoms with E-state index in [0.29, 0.717) is 49.1 Å². The number of hydrogen-bond acceptors (Lipinski definition) is 7. The van der Waals surface area contributed by atoms with Crippen molar-refractivity contribution in [3.8, 4) is 17.2 Å². The Morgan fingerprint density at radius 1 is 1.06 bits per heavy atom. The van der Waals surface area contributed by atoms with Gasteiger partial charge in [0, 0.05) is 54.9 Å². The number of hydrogen-bond donors (Lipinski definition) is 0. The van der Waals surface area contributed by atoms with Gasteiger partial charge in [0.1, 0.15) is 24.9 Å². The molecule has 8 nitrogen and oxygen atoms in total. The molecule has 36 heavy (non-hydrogen) atoms. The van der Waals surface area contributed by atoms with E-state index in [4.69, 9.17) is 31.1 Å². The maximum atomic E-state index is 13.1. The van der Waals surface area contributed by atoms with E-state index in [0.717, 1.165) is 23.2 Å². The van der Waals surface area contributed by atoms with Crippen LogP contribution in [0.5, 0.6) is 17.2 Å². The van der Waals surface area contributed by atoms with Crippen molar-refractivity contribution in [3.63, 3.8) is 0 Å². The van der Waals surface area contributed by atoms with Crippen molar-refractivity contribution in [2.75, 3.05) is 31.1 Å². The number of ether oxygens (including phenoxy) is 3. The largest absolute Gasteiger partial charge is 0.490 e. The molecule has 0 atom stereocenters. The minimum Gasteiger partial charge on any atom is -0.490 e. The first-order valence-electron chi connectivity index (χ1n) is 15.2. The predicted octanol–water partition coefficient (Wildman–Crippen LogP) is 4.26. The highest BCUT2D eigenvalue weighted by Gasteiger charge is 2.25. The first-order valence-corrected chi connectivity index (χ1v) is 12.7. The molecule has 8 heteroatoms. The fourth-order valence-electron chi connectivity index (χ4n) is 5.39. The molecule has 0 N–H and O–H groups in total. The summed E-state index contributed by atoms with van der Waals surface area (Å²) in [5.41, 5.74) is 3.12. The summed E-state index contributed by atoms with van der Waals surface area (Å²) in [5.74, 6) is 1.67. The van der Waals surface area contributed by atoms with Gasteiger partial charge in [-0.15, -0.1) is 5.10 Å². The van der Waals surface area contributed by atoms with Crippen LogP contribution in [-0.4, -0.2) is 46.9 Å². The summed E-state index contributed by atoms with van der Waals surface area (Å²) in [6.07, 6.45) is 5.17. The number of aromatic nitrogens is 3. The second-order valence-electron chi connectivity index (χ2n) is 9.89. The minimum atomic E-state index is -2.68. The Hall–Kier alpha value is -3.29. The fourth-order valence-corrected chi connectivity index (χ4v) is 5.39. The van der Waals surface area contributed by atoms with E-state index in [1.807, 2.05) is 13.8 Å². The second kappa shape index (κ2) is 9.64. The minimum absolute atomic E-state index is 0.0144. The van der Waals surface area contributed by atoms with Gasteiger partial charge in [-0.05, 0) is 38.3 Å². The summed E-state index contributed by atoms with van der Waals surface area (Å²) >= 11 is 0. The highest BCUT2D eigenvalue weighted by Crippen LogP contribution is 2.35. The Kier molecular flexibility index (Phi) is 4.83. The van der Waals surface area contributed by atoms with Gasteiger partial charge in [0.25, 0.3) is 5.56 Å². The maximum absolute atomic E-state index is 13.1. The van der Waals surface area contributed by atoms with E-state index in [-0.39, 0.29) is 17.1 Å². The lowest BCUT2D eigenvalue weighted by molar-refractivity contribution is 0.159. The molecule has 2 fully saturated rings. The average Bonchev–Trinajstić information content (AvgIpc) is 3.41. The third-order valence-corrected chi connectivity index (χ3v) is 7.51. The Morgan fingerprint density at radius 3 is 2.58 bits per heavy atom. The molecule has 0 spiro atoms. The molecule has 0 unspecified atom stereocenters. The van der Waals surface area contributed by atoms with Crippen LogP contribution in [0.1, 0.15) is 62.2 Å². The molecule has 0 bridgehead atoms. The van der Waals surface area contributed by atoms with Crippen LogP contribution in [0.25, 0.3) is 5.65 Å². The molecule has 1 aromatic carbocycles. The number of aryl methyl sites for hydroxylation is 1. The van der Waals surface area contributed by atoms with Gasteiger partial charge in [-0.1, -0.05) is 25.7 Å². The molecule has 3 aromatic rings. The normalized spacial score (nSPS) is 24.4. The molecular formula is C28H34N4O4. The van der Waals surface area contributed by atoms with Crippen LogP contribution in [0.2, 0.25) is 0 Å². The van der Waals surface area contributed by atoms with Crippen molar-refractivity contribution in [1.29, 1.82) is 0 Å². The van der Waals surface area contributed by atoms with Crippen LogP contribution >= 0.6 is 0 Å². The van der Waals surface area contributed by atoms with Crippen LogP contribution < -0.4 is 24.7 Å². The summed E-state index contributed by atoms with van der Waals surface area (Å²) in [4.78, 5) is 20.0. The van der Waals surface area contributed by atoms with Crippen LogP contribution in [0.3, 0.4) is 0 Å². The number of nitrogens with zero attached hydrogens (tertiary/aromatic N) is 4. The lowest BCUT2D eigenvalue weighted by Gasteiger charge is -2.34. The third kappa shape index (κ3) is 4.49. The molecule has 1 saturated carbocycles. The molecule has 3 aliphatic rings. The zero-order valence-electron chi connectivity index (χ0n) is 25.7. The number of fused-ring (bicyclic) bond motifs is 2. The highest BCUT2D eigenvalue weighted by atomic mass is 16.6. The van der Waals surface area contributed by atoms with Gasteiger partial charge in [-0.2, -0.15) is 4.52 Å². The quantitative estimate of drug-likeness (QED) is 0.523. The molecule has 2 aliphatic heterocycles. The molecular weight excluding hydrogens is 456 g/mol. The number of benzene rings is 1. The first-order chi connectivity index (χ1) is 19.3. The summed E-state index contributed by atoms with van der Waals surface area (Å²) in [6.45, 7) is -0.393. The topological polar surface area (TPSA) is 78.2 Å². The predicted molar refractivity (Wildman–Crippen MR) is 138 cm³/mol. The molecule has 1 saturated heterocycles. The molecule has 190 valence electrons. The smallest absolute Gasteiger partial charge is 0.274 e. The average molecular weight is 496 g/mol. The third-order valence-electron chi connectivity index (χ3n) is 7.51. The van der Waals surface area contributed by atoms with Crippen LogP contribution in [0.4, 0.5) is 5.82 Å². The fraction of sp³-hybridized carbons (Fsp3) is 0.536.